The lowest BCUT2D eigenvalue weighted by atomic mass is 10.0. The molecule has 2 unspecified atom stereocenters. The zero-order chi connectivity index (χ0) is 13.1. The van der Waals surface area contributed by atoms with E-state index < -0.39 is 0 Å². The minimum absolute atomic E-state index is 0.725. The molecule has 0 saturated heterocycles. The maximum atomic E-state index is 4.52. The van der Waals surface area contributed by atoms with Gasteiger partial charge in [0, 0.05) is 17.6 Å². The van der Waals surface area contributed by atoms with Gasteiger partial charge in [0.1, 0.15) is 0 Å². The lowest BCUT2D eigenvalue weighted by Gasteiger charge is -2.17. The number of nitrogens with one attached hydrogen (secondary N) is 1. The van der Waals surface area contributed by atoms with Gasteiger partial charge >= 0.3 is 0 Å². The Balaban J connectivity index is 1.65. The van der Waals surface area contributed by atoms with E-state index in [1.165, 1.54) is 30.2 Å². The Kier molecular flexibility index (Phi) is 3.79. The highest BCUT2D eigenvalue weighted by atomic mass is 14.9. The number of aromatic nitrogens is 1. The molecule has 2 aromatic rings. The van der Waals surface area contributed by atoms with Crippen molar-refractivity contribution in [2.45, 2.75) is 38.6 Å². The summed E-state index contributed by atoms with van der Waals surface area (Å²) in [6.45, 7) is 3.43. The second kappa shape index (κ2) is 5.70. The monoisotopic (exact) mass is 254 g/mol. The molecule has 1 fully saturated rings. The lowest BCUT2D eigenvalue weighted by Crippen LogP contribution is -2.32. The Morgan fingerprint density at radius 1 is 1.21 bits per heavy atom. The minimum atomic E-state index is 0.725. The molecule has 100 valence electrons. The highest BCUT2D eigenvalue weighted by molar-refractivity contribution is 5.81. The smallest absolute Gasteiger partial charge is 0.0734 e. The van der Waals surface area contributed by atoms with Gasteiger partial charge in [-0.3, -0.25) is 4.98 Å². The standard InChI is InChI=1S/C17H22N2/c1-13-5-2-9-16(13)18-12-10-15-7-3-6-14-8-4-11-19-17(14)15/h3-4,6-8,11,13,16,18H,2,5,9-10,12H2,1H3. The summed E-state index contributed by atoms with van der Waals surface area (Å²) in [4.78, 5) is 4.52. The van der Waals surface area contributed by atoms with Crippen molar-refractivity contribution in [1.82, 2.24) is 10.3 Å². The molecule has 1 heterocycles. The average molecular weight is 254 g/mol. The van der Waals surface area contributed by atoms with Crippen LogP contribution >= 0.6 is 0 Å². The largest absolute Gasteiger partial charge is 0.313 e. The lowest BCUT2D eigenvalue weighted by molar-refractivity contribution is 0.430. The first-order valence-corrected chi connectivity index (χ1v) is 7.40. The highest BCUT2D eigenvalue weighted by Crippen LogP contribution is 2.24. The first-order chi connectivity index (χ1) is 9.34. The van der Waals surface area contributed by atoms with E-state index in [9.17, 15) is 0 Å². The zero-order valence-corrected chi connectivity index (χ0v) is 11.6. The summed E-state index contributed by atoms with van der Waals surface area (Å²) >= 11 is 0. The van der Waals surface area contributed by atoms with Crippen LogP contribution in [0.2, 0.25) is 0 Å². The van der Waals surface area contributed by atoms with Crippen molar-refractivity contribution in [1.29, 1.82) is 0 Å². The summed E-state index contributed by atoms with van der Waals surface area (Å²) in [5.74, 6) is 0.839. The molecule has 1 aromatic heterocycles. The van der Waals surface area contributed by atoms with Crippen molar-refractivity contribution >= 4 is 10.9 Å². The number of nitrogens with zero attached hydrogens (tertiary/aromatic N) is 1. The van der Waals surface area contributed by atoms with Crippen LogP contribution in [0, 0.1) is 5.92 Å². The van der Waals surface area contributed by atoms with Gasteiger partial charge in [0.2, 0.25) is 0 Å². The topological polar surface area (TPSA) is 24.9 Å². The third-order valence-electron chi connectivity index (χ3n) is 4.38. The van der Waals surface area contributed by atoms with Crippen molar-refractivity contribution in [3.8, 4) is 0 Å². The van der Waals surface area contributed by atoms with Crippen molar-refractivity contribution in [3.63, 3.8) is 0 Å². The number of benzene rings is 1. The van der Waals surface area contributed by atoms with Crippen molar-refractivity contribution in [2.24, 2.45) is 5.92 Å². The normalized spacial score (nSPS) is 23.0. The predicted molar refractivity (Wildman–Crippen MR) is 80.3 cm³/mol. The molecule has 2 atom stereocenters. The predicted octanol–water partition coefficient (Wildman–Crippen LogP) is 3.56. The molecule has 1 aliphatic rings. The first kappa shape index (κ1) is 12.6. The molecule has 1 aromatic carbocycles. The van der Waals surface area contributed by atoms with Crippen LogP contribution in [-0.4, -0.2) is 17.6 Å². The van der Waals surface area contributed by atoms with Crippen molar-refractivity contribution in [2.75, 3.05) is 6.54 Å². The maximum Gasteiger partial charge on any atom is 0.0734 e. The maximum absolute atomic E-state index is 4.52. The summed E-state index contributed by atoms with van der Waals surface area (Å²) in [7, 11) is 0. The second-order valence-electron chi connectivity index (χ2n) is 5.71. The Bertz CT molecular complexity index is 544. The zero-order valence-electron chi connectivity index (χ0n) is 11.6. The quantitative estimate of drug-likeness (QED) is 0.902. The third-order valence-corrected chi connectivity index (χ3v) is 4.38. The Labute approximate surface area is 115 Å². The summed E-state index contributed by atoms with van der Waals surface area (Å²) in [5.41, 5.74) is 2.52. The molecule has 0 radical (unpaired) electrons. The van der Waals surface area contributed by atoms with Crippen LogP contribution < -0.4 is 5.32 Å². The molecule has 0 aliphatic heterocycles. The van der Waals surface area contributed by atoms with Gasteiger partial charge < -0.3 is 5.32 Å². The molecule has 1 saturated carbocycles. The number of pyridine rings is 1. The van der Waals surface area contributed by atoms with Crippen LogP contribution in [0.1, 0.15) is 31.7 Å². The Morgan fingerprint density at radius 3 is 2.95 bits per heavy atom. The van der Waals surface area contributed by atoms with E-state index in [4.69, 9.17) is 0 Å². The molecule has 0 spiro atoms. The summed E-state index contributed by atoms with van der Waals surface area (Å²) in [6, 6.07) is 11.3. The first-order valence-electron chi connectivity index (χ1n) is 7.40. The van der Waals surface area contributed by atoms with Gasteiger partial charge in [0.15, 0.2) is 0 Å². The van der Waals surface area contributed by atoms with E-state index in [0.717, 1.165) is 30.4 Å². The van der Waals surface area contributed by atoms with E-state index in [1.807, 2.05) is 12.3 Å². The summed E-state index contributed by atoms with van der Waals surface area (Å²) in [6.07, 6.45) is 7.06. The van der Waals surface area contributed by atoms with Crippen molar-refractivity contribution < 1.29 is 0 Å². The summed E-state index contributed by atoms with van der Waals surface area (Å²) in [5, 5.41) is 4.96. The number of para-hydroxylation sites is 1. The Hall–Kier alpha value is -1.41. The van der Waals surface area contributed by atoms with Crippen LogP contribution in [0.4, 0.5) is 0 Å². The summed E-state index contributed by atoms with van der Waals surface area (Å²) < 4.78 is 0. The number of fused-ring (bicyclic) bond motifs is 1. The average Bonchev–Trinajstić information content (AvgIpc) is 2.85. The molecule has 1 aliphatic carbocycles. The third kappa shape index (κ3) is 2.79. The van der Waals surface area contributed by atoms with E-state index >= 15 is 0 Å². The molecular formula is C17H22N2. The van der Waals surface area contributed by atoms with Gasteiger partial charge in [-0.1, -0.05) is 37.6 Å². The molecule has 1 N–H and O–H groups in total. The van der Waals surface area contributed by atoms with Crippen LogP contribution in [-0.2, 0) is 6.42 Å². The van der Waals surface area contributed by atoms with Crippen LogP contribution in [0.25, 0.3) is 10.9 Å². The van der Waals surface area contributed by atoms with Crippen molar-refractivity contribution in [3.05, 3.63) is 42.1 Å². The van der Waals surface area contributed by atoms with Gasteiger partial charge in [-0.25, -0.2) is 0 Å². The molecule has 3 rings (SSSR count). The molecular weight excluding hydrogens is 232 g/mol. The van der Waals surface area contributed by atoms with E-state index in [0.29, 0.717) is 0 Å². The molecule has 19 heavy (non-hydrogen) atoms. The highest BCUT2D eigenvalue weighted by Gasteiger charge is 2.22. The Morgan fingerprint density at radius 2 is 2.11 bits per heavy atom. The molecule has 2 nitrogen and oxygen atoms in total. The number of hydrogen-bond donors (Lipinski definition) is 1. The fourth-order valence-corrected chi connectivity index (χ4v) is 3.21. The van der Waals surface area contributed by atoms with Gasteiger partial charge in [-0.05, 0) is 43.4 Å². The minimum Gasteiger partial charge on any atom is -0.313 e. The van der Waals surface area contributed by atoms with Gasteiger partial charge in [0.25, 0.3) is 0 Å². The van der Waals surface area contributed by atoms with Crippen LogP contribution in [0.15, 0.2) is 36.5 Å². The van der Waals surface area contributed by atoms with Gasteiger partial charge in [-0.15, -0.1) is 0 Å². The fourth-order valence-electron chi connectivity index (χ4n) is 3.21. The second-order valence-corrected chi connectivity index (χ2v) is 5.71. The molecule has 2 heteroatoms. The van der Waals surface area contributed by atoms with Gasteiger partial charge in [0.05, 0.1) is 5.52 Å². The van der Waals surface area contributed by atoms with E-state index in [2.05, 4.69) is 41.5 Å². The molecule has 0 amide bonds. The number of rotatable bonds is 4. The van der Waals surface area contributed by atoms with Crippen LogP contribution in [0.5, 0.6) is 0 Å². The SMILES string of the molecule is CC1CCCC1NCCc1cccc2cccnc12. The number of hydrogen-bond acceptors (Lipinski definition) is 2. The molecule has 0 bridgehead atoms. The van der Waals surface area contributed by atoms with Crippen LogP contribution in [0.3, 0.4) is 0 Å². The van der Waals surface area contributed by atoms with E-state index in [1.54, 1.807) is 0 Å². The van der Waals surface area contributed by atoms with E-state index in [-0.39, 0.29) is 0 Å². The van der Waals surface area contributed by atoms with Gasteiger partial charge in [-0.2, -0.15) is 0 Å². The fraction of sp³-hybridized carbons (Fsp3) is 0.471.